The fourth-order valence-corrected chi connectivity index (χ4v) is 2.07. The maximum absolute atomic E-state index is 5.86. The Morgan fingerprint density at radius 3 is 3.12 bits per heavy atom. The molecule has 0 saturated carbocycles. The van der Waals surface area contributed by atoms with Gasteiger partial charge in [0.1, 0.15) is 5.82 Å². The van der Waals surface area contributed by atoms with Crippen molar-refractivity contribution in [3.05, 3.63) is 24.0 Å². The van der Waals surface area contributed by atoms with E-state index in [9.17, 15) is 0 Å². The number of halogens is 1. The summed E-state index contributed by atoms with van der Waals surface area (Å²) in [5.41, 5.74) is 5.53. The van der Waals surface area contributed by atoms with Crippen LogP contribution in [0.5, 0.6) is 0 Å². The van der Waals surface area contributed by atoms with Crippen LogP contribution >= 0.6 is 11.6 Å². The number of aromatic nitrogens is 2. The van der Waals surface area contributed by atoms with Crippen LogP contribution in [0.25, 0.3) is 0 Å². The number of nitrogens with two attached hydrogens (primary N) is 1. The monoisotopic (exact) mass is 238 g/mol. The number of nitrogen functional groups attached to an aromatic ring is 1. The Kier molecular flexibility index (Phi) is 3.29. The molecule has 1 atom stereocenters. The van der Waals surface area contributed by atoms with E-state index in [4.69, 9.17) is 17.3 Å². The molecule has 1 unspecified atom stereocenters. The Morgan fingerprint density at radius 2 is 2.44 bits per heavy atom. The Labute approximate surface area is 100 Å². The molecule has 1 aliphatic heterocycles. The highest BCUT2D eigenvalue weighted by Gasteiger charge is 2.19. The molecule has 0 bridgehead atoms. The Balaban J connectivity index is 2.16. The second-order valence-electron chi connectivity index (χ2n) is 3.99. The molecule has 1 aromatic heterocycles. The van der Waals surface area contributed by atoms with Gasteiger partial charge < -0.3 is 10.6 Å². The summed E-state index contributed by atoms with van der Waals surface area (Å²) in [5, 5.41) is 0.276. The first-order valence-electron chi connectivity index (χ1n) is 5.36. The second kappa shape index (κ2) is 4.70. The van der Waals surface area contributed by atoms with E-state index in [1.165, 1.54) is 6.42 Å². The maximum atomic E-state index is 5.86. The quantitative estimate of drug-likeness (QED) is 0.802. The first-order valence-corrected chi connectivity index (χ1v) is 5.74. The third kappa shape index (κ3) is 2.27. The average molecular weight is 239 g/mol. The van der Waals surface area contributed by atoms with Crippen molar-refractivity contribution in [2.24, 2.45) is 5.92 Å². The normalized spacial score (nSPS) is 20.8. The summed E-state index contributed by atoms with van der Waals surface area (Å²) in [6.07, 6.45) is 6.00. The highest BCUT2D eigenvalue weighted by molar-refractivity contribution is 6.31. The van der Waals surface area contributed by atoms with Gasteiger partial charge in [-0.25, -0.2) is 9.97 Å². The Bertz CT molecular complexity index is 394. The molecule has 2 rings (SSSR count). The van der Waals surface area contributed by atoms with Gasteiger partial charge in [0.25, 0.3) is 0 Å². The number of hydrogen-bond donors (Lipinski definition) is 1. The van der Waals surface area contributed by atoms with Crippen LogP contribution in [-0.2, 0) is 0 Å². The topological polar surface area (TPSA) is 55.0 Å². The first kappa shape index (κ1) is 11.2. The van der Waals surface area contributed by atoms with E-state index in [2.05, 4.69) is 21.4 Å². The fraction of sp³-hybridized carbons (Fsp3) is 0.455. The Hall–Kier alpha value is -1.29. The van der Waals surface area contributed by atoms with E-state index in [0.717, 1.165) is 25.3 Å². The lowest BCUT2D eigenvalue weighted by atomic mass is 9.98. The molecule has 16 heavy (non-hydrogen) atoms. The number of rotatable bonds is 2. The molecule has 0 amide bonds. The van der Waals surface area contributed by atoms with Crippen LogP contribution in [0.3, 0.4) is 0 Å². The molecule has 4 nitrogen and oxygen atoms in total. The fourth-order valence-electron chi connectivity index (χ4n) is 1.93. The zero-order valence-electron chi connectivity index (χ0n) is 9.06. The second-order valence-corrected chi connectivity index (χ2v) is 4.35. The van der Waals surface area contributed by atoms with Gasteiger partial charge in [0.2, 0.25) is 0 Å². The Morgan fingerprint density at radius 1 is 1.62 bits per heavy atom. The minimum Gasteiger partial charge on any atom is -0.381 e. The standard InChI is InChI=1S/C11H15ClN4/c1-2-8-4-3-5-16(7-8)9-6-14-11(13)10(12)15-9/h2,6,8H,1,3-5,7H2,(H2,13,14). The van der Waals surface area contributed by atoms with Crippen molar-refractivity contribution in [3.8, 4) is 0 Å². The molecule has 1 saturated heterocycles. The zero-order chi connectivity index (χ0) is 11.5. The molecule has 1 aromatic rings. The predicted octanol–water partition coefficient (Wildman–Crippen LogP) is 2.11. The molecule has 1 aliphatic rings. The van der Waals surface area contributed by atoms with Gasteiger partial charge in [-0.05, 0) is 18.8 Å². The van der Waals surface area contributed by atoms with Crippen LogP contribution < -0.4 is 10.6 Å². The van der Waals surface area contributed by atoms with Gasteiger partial charge in [0.15, 0.2) is 11.0 Å². The molecule has 0 aliphatic carbocycles. The van der Waals surface area contributed by atoms with E-state index < -0.39 is 0 Å². The van der Waals surface area contributed by atoms with Gasteiger partial charge in [0, 0.05) is 13.1 Å². The van der Waals surface area contributed by atoms with Crippen LogP contribution in [0.4, 0.5) is 11.6 Å². The first-order chi connectivity index (χ1) is 7.70. The van der Waals surface area contributed by atoms with Crippen LogP contribution in [0.1, 0.15) is 12.8 Å². The van der Waals surface area contributed by atoms with Crippen molar-refractivity contribution in [3.63, 3.8) is 0 Å². The number of piperidine rings is 1. The molecule has 0 aromatic carbocycles. The van der Waals surface area contributed by atoms with E-state index in [0.29, 0.717) is 5.92 Å². The summed E-state index contributed by atoms with van der Waals surface area (Å²) in [5.74, 6) is 1.60. The highest BCUT2D eigenvalue weighted by Crippen LogP contribution is 2.24. The SMILES string of the molecule is C=CC1CCCN(c2cnc(N)c(Cl)n2)C1. The largest absolute Gasteiger partial charge is 0.381 e. The van der Waals surface area contributed by atoms with Crippen LogP contribution in [0.15, 0.2) is 18.9 Å². The van der Waals surface area contributed by atoms with Gasteiger partial charge in [0.05, 0.1) is 6.20 Å². The van der Waals surface area contributed by atoms with Crippen molar-refractivity contribution < 1.29 is 0 Å². The van der Waals surface area contributed by atoms with E-state index in [-0.39, 0.29) is 11.0 Å². The third-order valence-electron chi connectivity index (χ3n) is 2.86. The van der Waals surface area contributed by atoms with Crippen LogP contribution in [0.2, 0.25) is 5.15 Å². The zero-order valence-corrected chi connectivity index (χ0v) is 9.82. The number of nitrogens with zero attached hydrogens (tertiary/aromatic N) is 3. The lowest BCUT2D eigenvalue weighted by molar-refractivity contribution is 0.483. The van der Waals surface area contributed by atoms with E-state index in [1.54, 1.807) is 6.20 Å². The van der Waals surface area contributed by atoms with Crippen molar-refractivity contribution in [1.82, 2.24) is 9.97 Å². The molecule has 86 valence electrons. The van der Waals surface area contributed by atoms with Crippen LogP contribution in [0, 0.1) is 5.92 Å². The number of anilines is 2. The van der Waals surface area contributed by atoms with Gasteiger partial charge in [-0.15, -0.1) is 6.58 Å². The molecule has 2 heterocycles. The molecule has 2 N–H and O–H groups in total. The van der Waals surface area contributed by atoms with E-state index in [1.807, 2.05) is 6.08 Å². The molecule has 0 radical (unpaired) electrons. The minimum absolute atomic E-state index is 0.276. The highest BCUT2D eigenvalue weighted by atomic mass is 35.5. The lowest BCUT2D eigenvalue weighted by Crippen LogP contribution is -2.35. The predicted molar refractivity (Wildman–Crippen MR) is 66.6 cm³/mol. The molecule has 5 heteroatoms. The van der Waals surface area contributed by atoms with Gasteiger partial charge >= 0.3 is 0 Å². The summed E-state index contributed by atoms with van der Waals surface area (Å²) in [4.78, 5) is 10.4. The molecular weight excluding hydrogens is 224 g/mol. The minimum atomic E-state index is 0.276. The number of hydrogen-bond acceptors (Lipinski definition) is 4. The van der Waals surface area contributed by atoms with E-state index >= 15 is 0 Å². The van der Waals surface area contributed by atoms with Crippen molar-refractivity contribution >= 4 is 23.2 Å². The molecule has 1 fully saturated rings. The van der Waals surface area contributed by atoms with Crippen molar-refractivity contribution in [1.29, 1.82) is 0 Å². The summed E-state index contributed by atoms with van der Waals surface area (Å²) in [6, 6.07) is 0. The maximum Gasteiger partial charge on any atom is 0.173 e. The van der Waals surface area contributed by atoms with Crippen molar-refractivity contribution in [2.45, 2.75) is 12.8 Å². The van der Waals surface area contributed by atoms with Gasteiger partial charge in [-0.3, -0.25) is 0 Å². The van der Waals surface area contributed by atoms with Gasteiger partial charge in [-0.1, -0.05) is 17.7 Å². The summed E-state index contributed by atoms with van der Waals surface area (Å²) >= 11 is 5.86. The lowest BCUT2D eigenvalue weighted by Gasteiger charge is -2.31. The van der Waals surface area contributed by atoms with Gasteiger partial charge in [-0.2, -0.15) is 0 Å². The summed E-state index contributed by atoms with van der Waals surface area (Å²) in [6.45, 7) is 5.75. The molecular formula is C11H15ClN4. The third-order valence-corrected chi connectivity index (χ3v) is 3.14. The summed E-state index contributed by atoms with van der Waals surface area (Å²) in [7, 11) is 0. The average Bonchev–Trinajstić information content (AvgIpc) is 2.33. The van der Waals surface area contributed by atoms with Crippen LogP contribution in [-0.4, -0.2) is 23.1 Å². The molecule has 0 spiro atoms. The van der Waals surface area contributed by atoms with Crippen molar-refractivity contribution in [2.75, 3.05) is 23.7 Å². The summed E-state index contributed by atoms with van der Waals surface area (Å²) < 4.78 is 0. The smallest absolute Gasteiger partial charge is 0.173 e.